The van der Waals surface area contributed by atoms with E-state index in [0.717, 1.165) is 19.3 Å². The number of amides is 2. The molecule has 0 aromatic carbocycles. The minimum absolute atomic E-state index is 0.183. The van der Waals surface area contributed by atoms with Gasteiger partial charge in [0.15, 0.2) is 0 Å². The van der Waals surface area contributed by atoms with Gasteiger partial charge in [-0.2, -0.15) is 0 Å². The average molecular weight is 229 g/mol. The van der Waals surface area contributed by atoms with Crippen LogP contribution in [0.15, 0.2) is 5.11 Å². The Morgan fingerprint density at radius 3 is 2.38 bits per heavy atom. The number of azide groups is 1. The predicted molar refractivity (Wildman–Crippen MR) is 56.9 cm³/mol. The van der Waals surface area contributed by atoms with E-state index in [4.69, 9.17) is 10.6 Å². The van der Waals surface area contributed by atoms with Gasteiger partial charge in [0.25, 0.3) is 0 Å². The smallest absolute Gasteiger partial charge is 0.404 e. The van der Waals surface area contributed by atoms with Gasteiger partial charge in [-0.05, 0) is 24.8 Å². The summed E-state index contributed by atoms with van der Waals surface area (Å²) in [5.41, 5.74) is 7.95. The fourth-order valence-electron chi connectivity index (χ4n) is 1.00. The van der Waals surface area contributed by atoms with Gasteiger partial charge >= 0.3 is 6.09 Å². The topological polar surface area (TPSA) is 127 Å². The van der Waals surface area contributed by atoms with Crippen molar-refractivity contribution in [2.45, 2.75) is 19.3 Å². The van der Waals surface area contributed by atoms with Crippen LogP contribution in [0.2, 0.25) is 0 Å². The van der Waals surface area contributed by atoms with Gasteiger partial charge in [-0.1, -0.05) is 5.11 Å². The Balaban J connectivity index is 3.23. The molecule has 8 heteroatoms. The minimum atomic E-state index is -1.03. The van der Waals surface area contributed by atoms with Crippen molar-refractivity contribution in [1.82, 2.24) is 10.6 Å². The molecule has 8 nitrogen and oxygen atoms in total. The van der Waals surface area contributed by atoms with Crippen LogP contribution >= 0.6 is 0 Å². The lowest BCUT2D eigenvalue weighted by molar-refractivity contribution is -0.119. The Bertz CT molecular complexity index is 275. The van der Waals surface area contributed by atoms with Crippen LogP contribution in [0.3, 0.4) is 0 Å². The van der Waals surface area contributed by atoms with Gasteiger partial charge < -0.3 is 15.7 Å². The number of rotatable bonds is 8. The molecule has 0 aromatic rings. The summed E-state index contributed by atoms with van der Waals surface area (Å²) in [6.07, 6.45) is 1.30. The molecule has 0 spiro atoms. The maximum absolute atomic E-state index is 10.9. The third kappa shape index (κ3) is 10.1. The molecule has 0 aliphatic carbocycles. The van der Waals surface area contributed by atoms with E-state index < -0.39 is 6.09 Å². The average Bonchev–Trinajstić information content (AvgIpc) is 2.24. The maximum Gasteiger partial charge on any atom is 0.404 e. The number of hydrogen-bond donors (Lipinski definition) is 3. The fourth-order valence-corrected chi connectivity index (χ4v) is 1.00. The normalized spacial score (nSPS) is 9.00. The molecule has 16 heavy (non-hydrogen) atoms. The van der Waals surface area contributed by atoms with Crippen molar-refractivity contribution >= 4 is 12.0 Å². The molecule has 0 radical (unpaired) electrons. The first-order valence-corrected chi connectivity index (χ1v) is 4.91. The molecule has 0 unspecified atom stereocenters. The molecule has 0 fully saturated rings. The Hall–Kier alpha value is -1.95. The summed E-state index contributed by atoms with van der Waals surface area (Å²) in [7, 11) is 0. The second kappa shape index (κ2) is 9.60. The summed E-state index contributed by atoms with van der Waals surface area (Å²) < 4.78 is 0. The lowest BCUT2D eigenvalue weighted by Crippen LogP contribution is -2.26. The molecule has 0 aliphatic heterocycles. The quantitative estimate of drug-likeness (QED) is 0.247. The van der Waals surface area contributed by atoms with Crippen LogP contribution in [-0.4, -0.2) is 36.7 Å². The molecule has 0 aliphatic rings. The van der Waals surface area contributed by atoms with Crippen LogP contribution in [0.1, 0.15) is 19.3 Å². The lowest BCUT2D eigenvalue weighted by atomic mass is 10.2. The predicted octanol–water partition coefficient (Wildman–Crippen LogP) is 0.851. The molecule has 3 N–H and O–H groups in total. The number of hydrogen-bond acceptors (Lipinski definition) is 3. The van der Waals surface area contributed by atoms with Crippen molar-refractivity contribution in [3.8, 4) is 0 Å². The first-order valence-electron chi connectivity index (χ1n) is 4.91. The van der Waals surface area contributed by atoms with Gasteiger partial charge in [0.05, 0.1) is 0 Å². The van der Waals surface area contributed by atoms with Crippen molar-refractivity contribution in [3.05, 3.63) is 10.4 Å². The molecular formula is C8H15N5O3. The summed E-state index contributed by atoms with van der Waals surface area (Å²) in [5, 5.41) is 16.2. The van der Waals surface area contributed by atoms with Crippen LogP contribution in [0, 0.1) is 0 Å². The highest BCUT2D eigenvalue weighted by Crippen LogP contribution is 1.92. The van der Waals surface area contributed by atoms with Gasteiger partial charge in [-0.15, -0.1) is 0 Å². The van der Waals surface area contributed by atoms with Crippen molar-refractivity contribution < 1.29 is 14.7 Å². The second-order valence-electron chi connectivity index (χ2n) is 3.03. The van der Waals surface area contributed by atoms with E-state index in [2.05, 4.69) is 20.7 Å². The summed E-state index contributed by atoms with van der Waals surface area (Å²) in [5.74, 6) is -0.304. The van der Waals surface area contributed by atoms with Gasteiger partial charge in [0.2, 0.25) is 5.91 Å². The molecule has 0 aromatic heterocycles. The van der Waals surface area contributed by atoms with Crippen LogP contribution in [0.4, 0.5) is 4.79 Å². The van der Waals surface area contributed by atoms with Crippen LogP contribution in [-0.2, 0) is 4.79 Å². The molecule has 0 heterocycles. The highest BCUT2D eigenvalue weighted by Gasteiger charge is 1.97. The summed E-state index contributed by atoms with van der Waals surface area (Å²) in [6.45, 7) is 0.742. The Labute approximate surface area is 92.6 Å². The van der Waals surface area contributed by atoms with Crippen molar-refractivity contribution in [2.24, 2.45) is 5.11 Å². The monoisotopic (exact) mass is 229 g/mol. The third-order valence-electron chi connectivity index (χ3n) is 1.73. The van der Waals surface area contributed by atoms with E-state index in [1.54, 1.807) is 0 Å². The Kier molecular flexibility index (Phi) is 8.43. The summed E-state index contributed by atoms with van der Waals surface area (Å²) in [4.78, 5) is 23.4. The highest BCUT2D eigenvalue weighted by molar-refractivity contribution is 5.78. The molecule has 2 amide bonds. The van der Waals surface area contributed by atoms with E-state index >= 15 is 0 Å². The molecule has 0 saturated carbocycles. The SMILES string of the molecule is [N-]=[N+]=NCC(=O)NCCCCCNC(=O)O. The number of carbonyl (C=O) groups is 2. The standard InChI is InChI=1S/C8H15N5O3/c9-13-12-6-7(14)10-4-2-1-3-5-11-8(15)16/h11H,1-6H2,(H,10,14)(H,15,16). The first kappa shape index (κ1) is 14.1. The fraction of sp³-hybridized carbons (Fsp3) is 0.750. The van der Waals surface area contributed by atoms with E-state index in [9.17, 15) is 9.59 Å². The van der Waals surface area contributed by atoms with Gasteiger partial charge in [0.1, 0.15) is 6.54 Å². The van der Waals surface area contributed by atoms with E-state index in [1.165, 1.54) is 0 Å². The maximum atomic E-state index is 10.9. The zero-order valence-corrected chi connectivity index (χ0v) is 8.85. The van der Waals surface area contributed by atoms with E-state index in [0.29, 0.717) is 13.1 Å². The molecule has 0 saturated heterocycles. The van der Waals surface area contributed by atoms with E-state index in [-0.39, 0.29) is 12.5 Å². The molecule has 0 bridgehead atoms. The minimum Gasteiger partial charge on any atom is -0.465 e. The van der Waals surface area contributed by atoms with Gasteiger partial charge in [-0.3, -0.25) is 4.79 Å². The molecule has 0 atom stereocenters. The Morgan fingerprint density at radius 2 is 1.81 bits per heavy atom. The van der Waals surface area contributed by atoms with Crippen molar-refractivity contribution in [3.63, 3.8) is 0 Å². The lowest BCUT2D eigenvalue weighted by Gasteiger charge is -2.03. The zero-order valence-electron chi connectivity index (χ0n) is 8.85. The van der Waals surface area contributed by atoms with Crippen LogP contribution < -0.4 is 10.6 Å². The van der Waals surface area contributed by atoms with Crippen LogP contribution in [0.25, 0.3) is 10.4 Å². The number of nitrogens with zero attached hydrogens (tertiary/aromatic N) is 3. The summed E-state index contributed by atoms with van der Waals surface area (Å²) >= 11 is 0. The number of unbranched alkanes of at least 4 members (excludes halogenated alkanes) is 2. The third-order valence-corrected chi connectivity index (χ3v) is 1.73. The number of nitrogens with one attached hydrogen (secondary N) is 2. The molecule has 0 rings (SSSR count). The van der Waals surface area contributed by atoms with Gasteiger partial charge in [-0.25, -0.2) is 4.79 Å². The first-order chi connectivity index (χ1) is 7.66. The number of carboxylic acid groups (broad SMARTS) is 1. The summed E-state index contributed by atoms with van der Waals surface area (Å²) in [6, 6.07) is 0. The van der Waals surface area contributed by atoms with Gasteiger partial charge in [0, 0.05) is 18.0 Å². The molecular weight excluding hydrogens is 214 g/mol. The largest absolute Gasteiger partial charge is 0.465 e. The zero-order chi connectivity index (χ0) is 12.2. The molecule has 90 valence electrons. The van der Waals surface area contributed by atoms with Crippen LogP contribution in [0.5, 0.6) is 0 Å². The number of carbonyl (C=O) groups excluding carboxylic acids is 1. The van der Waals surface area contributed by atoms with Crippen molar-refractivity contribution in [1.29, 1.82) is 0 Å². The Morgan fingerprint density at radius 1 is 1.19 bits per heavy atom. The second-order valence-corrected chi connectivity index (χ2v) is 3.03. The highest BCUT2D eigenvalue weighted by atomic mass is 16.4. The van der Waals surface area contributed by atoms with E-state index in [1.807, 2.05) is 0 Å². The van der Waals surface area contributed by atoms with Crippen molar-refractivity contribution in [2.75, 3.05) is 19.6 Å².